The molecular formula is C19H17N3O2S. The number of carbonyl (C=O) groups is 1. The number of amides is 1. The Kier molecular flexibility index (Phi) is 5.30. The van der Waals surface area contributed by atoms with E-state index in [2.05, 4.69) is 22.8 Å². The molecule has 0 aliphatic carbocycles. The topological polar surface area (TPSA) is 66.1 Å². The Morgan fingerprint density at radius 1 is 1.00 bits per heavy atom. The van der Waals surface area contributed by atoms with E-state index in [1.165, 1.54) is 6.07 Å². The molecule has 0 fully saturated rings. The lowest BCUT2D eigenvalue weighted by atomic mass is 10.1. The van der Waals surface area contributed by atoms with E-state index in [-0.39, 0.29) is 10.8 Å². The lowest BCUT2D eigenvalue weighted by Gasteiger charge is -2.20. The summed E-state index contributed by atoms with van der Waals surface area (Å²) in [6.07, 6.45) is 0.746. The van der Waals surface area contributed by atoms with Crippen molar-refractivity contribution in [3.8, 4) is 11.3 Å². The number of anilines is 1. The Bertz CT molecular complexity index is 887. The summed E-state index contributed by atoms with van der Waals surface area (Å²) in [5.74, 6) is 0. The number of hydrogen-bond acceptors (Lipinski definition) is 3. The van der Waals surface area contributed by atoms with Gasteiger partial charge in [0.1, 0.15) is 0 Å². The third-order valence-corrected chi connectivity index (χ3v) is 4.09. The highest BCUT2D eigenvalue weighted by molar-refractivity contribution is 7.96. The Labute approximate surface area is 150 Å². The van der Waals surface area contributed by atoms with Gasteiger partial charge in [0.25, 0.3) is 10.8 Å². The van der Waals surface area contributed by atoms with Crippen LogP contribution in [0.25, 0.3) is 11.3 Å². The number of thiol groups is 1. The zero-order valence-electron chi connectivity index (χ0n) is 13.4. The van der Waals surface area contributed by atoms with Crippen molar-refractivity contribution in [2.75, 3.05) is 11.4 Å². The Balaban J connectivity index is 1.76. The van der Waals surface area contributed by atoms with Crippen LogP contribution in [0.3, 0.4) is 0 Å². The van der Waals surface area contributed by atoms with Gasteiger partial charge in [-0.05, 0) is 30.2 Å². The highest BCUT2D eigenvalue weighted by Crippen LogP contribution is 2.22. The van der Waals surface area contributed by atoms with E-state index in [1.807, 2.05) is 54.6 Å². The monoisotopic (exact) mass is 351 g/mol. The van der Waals surface area contributed by atoms with Gasteiger partial charge in [-0.25, -0.2) is 5.10 Å². The fraction of sp³-hybridized carbons (Fsp3) is 0.105. The Morgan fingerprint density at radius 2 is 1.72 bits per heavy atom. The Morgan fingerprint density at radius 3 is 2.32 bits per heavy atom. The zero-order valence-corrected chi connectivity index (χ0v) is 14.3. The Hall–Kier alpha value is -2.86. The molecule has 1 amide bonds. The molecule has 1 heterocycles. The molecule has 0 saturated heterocycles. The maximum Gasteiger partial charge on any atom is 0.282 e. The molecule has 6 heteroatoms. The van der Waals surface area contributed by atoms with Gasteiger partial charge in [-0.15, -0.1) is 0 Å². The average molecular weight is 351 g/mol. The minimum absolute atomic E-state index is 0.242. The highest BCUT2D eigenvalue weighted by Gasteiger charge is 2.12. The van der Waals surface area contributed by atoms with Gasteiger partial charge in [-0.3, -0.25) is 9.59 Å². The molecule has 1 aromatic heterocycles. The van der Waals surface area contributed by atoms with Crippen LogP contribution in [0.1, 0.15) is 5.56 Å². The summed E-state index contributed by atoms with van der Waals surface area (Å²) in [4.78, 5) is 24.6. The normalized spacial score (nSPS) is 10.4. The van der Waals surface area contributed by atoms with Crippen LogP contribution in [0.15, 0.2) is 71.5 Å². The van der Waals surface area contributed by atoms with Crippen molar-refractivity contribution in [2.24, 2.45) is 0 Å². The number of benzene rings is 2. The molecule has 0 atom stereocenters. The fourth-order valence-electron chi connectivity index (χ4n) is 2.54. The summed E-state index contributed by atoms with van der Waals surface area (Å²) in [5.41, 5.74) is 3.21. The first-order chi connectivity index (χ1) is 12.1. The van der Waals surface area contributed by atoms with Gasteiger partial charge in [0.2, 0.25) is 0 Å². The molecule has 3 aromatic rings. The number of nitrogens with zero attached hydrogens (tertiary/aromatic N) is 2. The summed E-state index contributed by atoms with van der Waals surface area (Å²) in [6.45, 7) is 0.544. The number of aromatic nitrogens is 2. The van der Waals surface area contributed by atoms with Crippen molar-refractivity contribution in [1.29, 1.82) is 0 Å². The van der Waals surface area contributed by atoms with Crippen LogP contribution in [-0.2, 0) is 6.42 Å². The molecular weight excluding hydrogens is 334 g/mol. The lowest BCUT2D eigenvalue weighted by Crippen LogP contribution is -2.28. The lowest BCUT2D eigenvalue weighted by molar-refractivity contribution is 0.265. The van der Waals surface area contributed by atoms with E-state index in [1.54, 1.807) is 11.0 Å². The molecule has 2 aromatic carbocycles. The third kappa shape index (κ3) is 4.36. The van der Waals surface area contributed by atoms with Crippen molar-refractivity contribution < 1.29 is 4.79 Å². The van der Waals surface area contributed by atoms with Crippen molar-refractivity contribution >= 4 is 23.6 Å². The van der Waals surface area contributed by atoms with Gasteiger partial charge in [0.05, 0.1) is 5.69 Å². The number of carbonyl (C=O) groups excluding carboxylic acids is 1. The minimum Gasteiger partial charge on any atom is -0.303 e. The van der Waals surface area contributed by atoms with Crippen LogP contribution in [0.5, 0.6) is 0 Å². The number of aromatic amines is 1. The van der Waals surface area contributed by atoms with E-state index in [4.69, 9.17) is 0 Å². The molecule has 0 radical (unpaired) electrons. The fourth-order valence-corrected chi connectivity index (χ4v) is 2.75. The van der Waals surface area contributed by atoms with E-state index >= 15 is 0 Å². The summed E-state index contributed by atoms with van der Waals surface area (Å²) in [5, 5.41) is 6.11. The average Bonchev–Trinajstić information content (AvgIpc) is 2.64. The van der Waals surface area contributed by atoms with Gasteiger partial charge in [0.15, 0.2) is 0 Å². The van der Waals surface area contributed by atoms with E-state index in [9.17, 15) is 9.59 Å². The van der Waals surface area contributed by atoms with Gasteiger partial charge in [-0.1, -0.05) is 55.1 Å². The maximum atomic E-state index is 11.9. The molecule has 0 unspecified atom stereocenters. The number of nitrogens with one attached hydrogen (secondary N) is 1. The summed E-state index contributed by atoms with van der Waals surface area (Å²) in [6, 6.07) is 20.5. The van der Waals surface area contributed by atoms with Crippen LogP contribution in [0.4, 0.5) is 10.5 Å². The molecule has 0 aliphatic heterocycles. The number of rotatable bonds is 5. The van der Waals surface area contributed by atoms with Crippen molar-refractivity contribution in [1.82, 2.24) is 10.2 Å². The van der Waals surface area contributed by atoms with Crippen LogP contribution < -0.4 is 10.5 Å². The highest BCUT2D eigenvalue weighted by atomic mass is 32.1. The van der Waals surface area contributed by atoms with Gasteiger partial charge < -0.3 is 4.90 Å². The number of hydrogen-bond donors (Lipinski definition) is 2. The molecule has 1 N–H and O–H groups in total. The van der Waals surface area contributed by atoms with Gasteiger partial charge in [0, 0.05) is 23.9 Å². The van der Waals surface area contributed by atoms with Gasteiger partial charge >= 0.3 is 0 Å². The predicted molar refractivity (Wildman–Crippen MR) is 102 cm³/mol. The second-order valence-corrected chi connectivity index (χ2v) is 5.91. The first-order valence-corrected chi connectivity index (χ1v) is 8.29. The standard InChI is InChI=1S/C19H17N3O2S/c23-18-11-10-17(20-21-18)15-6-8-16(9-7-15)22(19(24)25)13-12-14-4-2-1-3-5-14/h1-11H,12-13H2,(H,21,23)(H,24,25). The molecule has 0 aliphatic rings. The van der Waals surface area contributed by atoms with Crippen LogP contribution in [0.2, 0.25) is 0 Å². The molecule has 0 saturated carbocycles. The first kappa shape index (κ1) is 17.0. The van der Waals surface area contributed by atoms with Gasteiger partial charge in [-0.2, -0.15) is 5.10 Å². The molecule has 5 nitrogen and oxygen atoms in total. The van der Waals surface area contributed by atoms with Crippen molar-refractivity contribution in [2.45, 2.75) is 6.42 Å². The second-order valence-electron chi connectivity index (χ2n) is 5.52. The number of H-pyrrole nitrogens is 1. The SMILES string of the molecule is O=C(S)N(CCc1ccccc1)c1ccc(-c2ccc(=O)[nH]n2)cc1. The first-order valence-electron chi connectivity index (χ1n) is 7.84. The van der Waals surface area contributed by atoms with E-state index in [0.29, 0.717) is 12.2 Å². The van der Waals surface area contributed by atoms with Crippen LogP contribution >= 0.6 is 12.6 Å². The van der Waals surface area contributed by atoms with Crippen molar-refractivity contribution in [3.05, 3.63) is 82.6 Å². The van der Waals surface area contributed by atoms with E-state index in [0.717, 1.165) is 23.2 Å². The smallest absolute Gasteiger partial charge is 0.282 e. The largest absolute Gasteiger partial charge is 0.303 e. The third-order valence-electron chi connectivity index (χ3n) is 3.85. The zero-order chi connectivity index (χ0) is 17.6. The van der Waals surface area contributed by atoms with E-state index < -0.39 is 0 Å². The molecule has 126 valence electrons. The summed E-state index contributed by atoms with van der Waals surface area (Å²) < 4.78 is 0. The molecule has 0 bridgehead atoms. The molecule has 0 spiro atoms. The molecule has 3 rings (SSSR count). The minimum atomic E-state index is -0.300. The predicted octanol–water partition coefficient (Wildman–Crippen LogP) is 3.54. The summed E-state index contributed by atoms with van der Waals surface area (Å²) >= 11 is 3.99. The maximum absolute atomic E-state index is 11.9. The second kappa shape index (κ2) is 7.81. The van der Waals surface area contributed by atoms with Crippen LogP contribution in [-0.4, -0.2) is 22.0 Å². The quantitative estimate of drug-likeness (QED) is 0.691. The summed E-state index contributed by atoms with van der Waals surface area (Å²) in [7, 11) is 0. The van der Waals surface area contributed by atoms with Crippen LogP contribution in [0, 0.1) is 0 Å². The molecule has 25 heavy (non-hydrogen) atoms. The van der Waals surface area contributed by atoms with Crippen molar-refractivity contribution in [3.63, 3.8) is 0 Å².